The van der Waals surface area contributed by atoms with Gasteiger partial charge in [0.15, 0.2) is 0 Å². The second kappa shape index (κ2) is 7.51. The monoisotopic (exact) mass is 300 g/mol. The molecule has 0 unspecified atom stereocenters. The zero-order valence-electron chi connectivity index (χ0n) is 12.8. The first-order valence-corrected chi connectivity index (χ1v) is 7.10. The highest BCUT2D eigenvalue weighted by atomic mass is 16.6. The summed E-state index contributed by atoms with van der Waals surface area (Å²) in [6, 6.07) is 10.7. The van der Waals surface area contributed by atoms with E-state index in [1.54, 1.807) is 30.6 Å². The lowest BCUT2D eigenvalue weighted by atomic mass is 10.2. The van der Waals surface area contributed by atoms with Gasteiger partial charge < -0.3 is 9.80 Å². The molecule has 0 saturated heterocycles. The molecule has 0 bridgehead atoms. The summed E-state index contributed by atoms with van der Waals surface area (Å²) in [6.07, 6.45) is 3.51. The molecule has 0 saturated carbocycles. The van der Waals surface area contributed by atoms with Gasteiger partial charge in [0.05, 0.1) is 4.92 Å². The first-order valence-electron chi connectivity index (χ1n) is 7.10. The maximum atomic E-state index is 11.3. The van der Waals surface area contributed by atoms with Crippen LogP contribution in [-0.4, -0.2) is 42.0 Å². The van der Waals surface area contributed by atoms with Gasteiger partial charge in [0, 0.05) is 38.1 Å². The van der Waals surface area contributed by atoms with Crippen molar-refractivity contribution < 1.29 is 4.92 Å². The van der Waals surface area contributed by atoms with Crippen molar-refractivity contribution in [1.82, 2.24) is 9.88 Å². The maximum Gasteiger partial charge on any atom is 0.292 e. The van der Waals surface area contributed by atoms with E-state index in [1.807, 2.05) is 37.2 Å². The molecule has 0 fully saturated rings. The molecular formula is C16H20N4O2. The minimum atomic E-state index is -0.332. The van der Waals surface area contributed by atoms with Crippen molar-refractivity contribution in [3.8, 4) is 0 Å². The van der Waals surface area contributed by atoms with E-state index in [0.29, 0.717) is 18.8 Å². The van der Waals surface area contributed by atoms with Gasteiger partial charge in [-0.15, -0.1) is 0 Å². The molecule has 0 aliphatic carbocycles. The van der Waals surface area contributed by atoms with E-state index in [9.17, 15) is 10.1 Å². The topological polar surface area (TPSA) is 62.5 Å². The van der Waals surface area contributed by atoms with Gasteiger partial charge in [-0.1, -0.05) is 18.2 Å². The van der Waals surface area contributed by atoms with Gasteiger partial charge in [-0.05, 0) is 31.8 Å². The summed E-state index contributed by atoms with van der Waals surface area (Å²) in [5.41, 5.74) is 1.79. The van der Waals surface area contributed by atoms with Crippen LogP contribution in [0.2, 0.25) is 0 Å². The van der Waals surface area contributed by atoms with Gasteiger partial charge in [-0.2, -0.15) is 0 Å². The second-order valence-corrected chi connectivity index (χ2v) is 5.33. The third kappa shape index (κ3) is 4.26. The van der Waals surface area contributed by atoms with Crippen LogP contribution in [0.1, 0.15) is 5.56 Å². The van der Waals surface area contributed by atoms with Crippen LogP contribution in [0, 0.1) is 10.1 Å². The Balaban J connectivity index is 2.29. The maximum absolute atomic E-state index is 11.3. The highest BCUT2D eigenvalue weighted by Crippen LogP contribution is 2.28. The summed E-state index contributed by atoms with van der Waals surface area (Å²) in [6.45, 7) is 2.10. The van der Waals surface area contributed by atoms with E-state index in [1.165, 1.54) is 0 Å². The first-order chi connectivity index (χ1) is 10.6. The molecular weight excluding hydrogens is 280 g/mol. The minimum Gasteiger partial charge on any atom is -0.360 e. The van der Waals surface area contributed by atoms with Crippen LogP contribution in [0.5, 0.6) is 0 Å². The molecule has 0 atom stereocenters. The molecule has 0 aliphatic heterocycles. The number of nitro benzene ring substituents is 1. The Morgan fingerprint density at radius 2 is 1.91 bits per heavy atom. The highest BCUT2D eigenvalue weighted by molar-refractivity contribution is 5.63. The number of nitrogens with zero attached hydrogens (tertiary/aromatic N) is 4. The minimum absolute atomic E-state index is 0.130. The molecule has 6 heteroatoms. The van der Waals surface area contributed by atoms with E-state index < -0.39 is 0 Å². The van der Waals surface area contributed by atoms with Crippen molar-refractivity contribution in [2.24, 2.45) is 0 Å². The van der Waals surface area contributed by atoms with Gasteiger partial charge in [0.1, 0.15) is 5.69 Å². The molecule has 1 heterocycles. The van der Waals surface area contributed by atoms with E-state index in [2.05, 4.69) is 9.88 Å². The molecule has 2 rings (SSSR count). The molecule has 1 aromatic carbocycles. The van der Waals surface area contributed by atoms with Crippen LogP contribution in [-0.2, 0) is 6.54 Å². The zero-order chi connectivity index (χ0) is 15.9. The summed E-state index contributed by atoms with van der Waals surface area (Å²) in [5.74, 6) is 0. The van der Waals surface area contributed by atoms with Crippen LogP contribution >= 0.6 is 0 Å². The van der Waals surface area contributed by atoms with E-state index >= 15 is 0 Å². The van der Waals surface area contributed by atoms with Gasteiger partial charge in [-0.3, -0.25) is 15.1 Å². The van der Waals surface area contributed by atoms with Gasteiger partial charge in [0.25, 0.3) is 5.69 Å². The molecule has 116 valence electrons. The number of likely N-dealkylation sites (N-methyl/N-ethyl adjacent to an activating group) is 1. The van der Waals surface area contributed by atoms with Gasteiger partial charge >= 0.3 is 0 Å². The fraction of sp³-hybridized carbons (Fsp3) is 0.312. The molecule has 1 aromatic heterocycles. The van der Waals surface area contributed by atoms with Crippen molar-refractivity contribution >= 4 is 11.4 Å². The fourth-order valence-electron chi connectivity index (χ4n) is 2.20. The van der Waals surface area contributed by atoms with Gasteiger partial charge in [-0.25, -0.2) is 0 Å². The summed E-state index contributed by atoms with van der Waals surface area (Å²) in [4.78, 5) is 19.1. The smallest absolute Gasteiger partial charge is 0.292 e. The molecule has 22 heavy (non-hydrogen) atoms. The number of hydrogen-bond acceptors (Lipinski definition) is 5. The Hall–Kier alpha value is -2.47. The summed E-state index contributed by atoms with van der Waals surface area (Å²) in [7, 11) is 3.98. The number of anilines is 1. The van der Waals surface area contributed by atoms with Crippen LogP contribution < -0.4 is 4.90 Å². The van der Waals surface area contributed by atoms with Crippen LogP contribution in [0.15, 0.2) is 48.8 Å². The van der Waals surface area contributed by atoms with Crippen LogP contribution in [0.4, 0.5) is 11.4 Å². The predicted molar refractivity (Wildman–Crippen MR) is 86.9 cm³/mol. The molecule has 0 spiro atoms. The number of nitro groups is 1. The Labute approximate surface area is 130 Å². The second-order valence-electron chi connectivity index (χ2n) is 5.33. The highest BCUT2D eigenvalue weighted by Gasteiger charge is 2.19. The lowest BCUT2D eigenvalue weighted by Gasteiger charge is -2.26. The van der Waals surface area contributed by atoms with E-state index in [0.717, 1.165) is 12.1 Å². The molecule has 0 amide bonds. The third-order valence-electron chi connectivity index (χ3n) is 3.33. The Kier molecular flexibility index (Phi) is 5.43. The Bertz CT molecular complexity index is 617. The SMILES string of the molecule is CN(C)CCN(Cc1cccnc1)c1ccccc1[N+](=O)[O-]. The van der Waals surface area contributed by atoms with Crippen molar-refractivity contribution in [3.05, 3.63) is 64.5 Å². The van der Waals surface area contributed by atoms with Crippen molar-refractivity contribution in [2.45, 2.75) is 6.54 Å². The number of aromatic nitrogens is 1. The number of rotatable bonds is 7. The van der Waals surface area contributed by atoms with E-state index in [-0.39, 0.29) is 10.6 Å². The summed E-state index contributed by atoms with van der Waals surface area (Å²) < 4.78 is 0. The summed E-state index contributed by atoms with van der Waals surface area (Å²) in [5, 5.41) is 11.3. The average molecular weight is 300 g/mol. The number of hydrogen-bond donors (Lipinski definition) is 0. The predicted octanol–water partition coefficient (Wildman–Crippen LogP) is 2.56. The van der Waals surface area contributed by atoms with Crippen molar-refractivity contribution in [2.75, 3.05) is 32.1 Å². The molecule has 0 aliphatic rings. The zero-order valence-corrected chi connectivity index (χ0v) is 12.8. The van der Waals surface area contributed by atoms with E-state index in [4.69, 9.17) is 0 Å². The van der Waals surface area contributed by atoms with Crippen LogP contribution in [0.3, 0.4) is 0 Å². The summed E-state index contributed by atoms with van der Waals surface area (Å²) >= 11 is 0. The normalized spacial score (nSPS) is 10.7. The quantitative estimate of drug-likeness (QED) is 0.581. The number of pyridine rings is 1. The third-order valence-corrected chi connectivity index (χ3v) is 3.33. The Morgan fingerprint density at radius 1 is 1.14 bits per heavy atom. The fourth-order valence-corrected chi connectivity index (χ4v) is 2.20. The number of benzene rings is 1. The standard InChI is InChI=1S/C16H20N4O2/c1-18(2)10-11-19(13-14-6-5-9-17-12-14)15-7-3-4-8-16(15)20(21)22/h3-9,12H,10-11,13H2,1-2H3. The largest absolute Gasteiger partial charge is 0.360 e. The van der Waals surface area contributed by atoms with Crippen molar-refractivity contribution in [1.29, 1.82) is 0 Å². The first kappa shape index (κ1) is 15.9. The van der Waals surface area contributed by atoms with Crippen LogP contribution in [0.25, 0.3) is 0 Å². The Morgan fingerprint density at radius 3 is 2.55 bits per heavy atom. The number of para-hydroxylation sites is 2. The molecule has 0 N–H and O–H groups in total. The van der Waals surface area contributed by atoms with Gasteiger partial charge in [0.2, 0.25) is 0 Å². The molecule has 6 nitrogen and oxygen atoms in total. The van der Waals surface area contributed by atoms with Crippen molar-refractivity contribution in [3.63, 3.8) is 0 Å². The molecule has 0 radical (unpaired) electrons. The average Bonchev–Trinajstić information content (AvgIpc) is 2.52. The lowest BCUT2D eigenvalue weighted by Crippen LogP contribution is -2.31. The lowest BCUT2D eigenvalue weighted by molar-refractivity contribution is -0.384. The molecule has 2 aromatic rings.